The minimum absolute atomic E-state index is 0. The second-order valence-corrected chi connectivity index (χ2v) is 2.34. The van der Waals surface area contributed by atoms with Crippen LogP contribution in [0.4, 0.5) is 0 Å². The van der Waals surface area contributed by atoms with Gasteiger partial charge in [0, 0.05) is 0 Å². The fourth-order valence-electron chi connectivity index (χ4n) is 0.596. The first-order valence-electron chi connectivity index (χ1n) is 2.83. The average Bonchev–Trinajstić information content (AvgIpc) is 1.27. The van der Waals surface area contributed by atoms with Crippen molar-refractivity contribution < 1.29 is 38.6 Å². The van der Waals surface area contributed by atoms with Gasteiger partial charge in [-0.25, -0.2) is 0 Å². The van der Waals surface area contributed by atoms with Crippen LogP contribution in [0.15, 0.2) is 0 Å². The van der Waals surface area contributed by atoms with E-state index in [1.165, 1.54) is 0 Å². The molecule has 0 fully saturated rings. The summed E-state index contributed by atoms with van der Waals surface area (Å²) in [6.45, 7) is 8.39. The molecule has 0 atom stereocenters. The van der Waals surface area contributed by atoms with Crippen LogP contribution in [-0.4, -0.2) is 12.1 Å². The van der Waals surface area contributed by atoms with Crippen LogP contribution in [0.3, 0.4) is 0 Å². The summed E-state index contributed by atoms with van der Waals surface area (Å²) in [4.78, 5) is 0. The molecule has 0 aliphatic carbocycles. The third-order valence-electron chi connectivity index (χ3n) is 0.596. The van der Waals surface area contributed by atoms with Gasteiger partial charge >= 0.3 is 26.2 Å². The molecule has 3 heteroatoms. The number of halogens is 1. The van der Waals surface area contributed by atoms with Gasteiger partial charge in [0.05, 0.1) is 0 Å². The van der Waals surface area contributed by atoms with Crippen LogP contribution in [0.25, 0.3) is 5.32 Å². The Morgan fingerprint density at radius 2 is 1.11 bits per heavy atom. The summed E-state index contributed by atoms with van der Waals surface area (Å²) in [6.07, 6.45) is 0. The van der Waals surface area contributed by atoms with Crippen LogP contribution >= 0.6 is 0 Å². The van der Waals surface area contributed by atoms with Gasteiger partial charge in [0.25, 0.3) is 0 Å². The van der Waals surface area contributed by atoms with Crippen LogP contribution in [0.1, 0.15) is 27.7 Å². The Labute approximate surface area is 83.5 Å². The van der Waals surface area contributed by atoms with Gasteiger partial charge in [0.15, 0.2) is 0 Å². The van der Waals surface area contributed by atoms with Crippen molar-refractivity contribution in [2.45, 2.75) is 39.8 Å². The van der Waals surface area contributed by atoms with E-state index in [9.17, 15) is 0 Å². The molecular weight excluding hydrogens is 213 g/mol. The Balaban J connectivity index is -0.000000180. The van der Waals surface area contributed by atoms with E-state index >= 15 is 0 Å². The predicted molar refractivity (Wildman–Crippen MR) is 33.6 cm³/mol. The summed E-state index contributed by atoms with van der Waals surface area (Å²) in [7, 11) is 0. The van der Waals surface area contributed by atoms with Crippen molar-refractivity contribution in [3.8, 4) is 0 Å². The molecule has 0 heterocycles. The van der Waals surface area contributed by atoms with E-state index in [0.29, 0.717) is 12.1 Å². The molecule has 0 aliphatic rings. The van der Waals surface area contributed by atoms with E-state index in [2.05, 4.69) is 33.0 Å². The SMILES string of the molecule is CC(C)[N-]C(C)C.[Cl-].[Zr+2]. The molecule has 1 nitrogen and oxygen atoms in total. The Kier molecular flexibility index (Phi) is 16.9. The molecule has 0 spiro atoms. The summed E-state index contributed by atoms with van der Waals surface area (Å²) in [6, 6.07) is 1.000. The molecule has 0 aliphatic heterocycles. The second-order valence-electron chi connectivity index (χ2n) is 2.34. The van der Waals surface area contributed by atoms with E-state index in [-0.39, 0.29) is 38.6 Å². The molecule has 0 aromatic carbocycles. The zero-order chi connectivity index (χ0) is 5.86. The first-order chi connectivity index (χ1) is 3.13. The summed E-state index contributed by atoms with van der Waals surface area (Å²) in [5.41, 5.74) is 0. The average molecular weight is 227 g/mol. The zero-order valence-corrected chi connectivity index (χ0v) is 9.69. The zero-order valence-electron chi connectivity index (χ0n) is 6.48. The maximum absolute atomic E-state index is 4.28. The summed E-state index contributed by atoms with van der Waals surface area (Å²) >= 11 is 0. The third kappa shape index (κ3) is 17.6. The van der Waals surface area contributed by atoms with Crippen molar-refractivity contribution >= 4 is 0 Å². The molecule has 0 aromatic rings. The van der Waals surface area contributed by atoms with Gasteiger partial charge in [-0.15, -0.1) is 12.1 Å². The summed E-state index contributed by atoms with van der Waals surface area (Å²) in [5, 5.41) is 4.28. The van der Waals surface area contributed by atoms with Gasteiger partial charge in [-0.2, -0.15) is 0 Å². The quantitative estimate of drug-likeness (QED) is 0.585. The second kappa shape index (κ2) is 9.13. The van der Waals surface area contributed by atoms with Crippen LogP contribution < -0.4 is 12.4 Å². The number of hydrogen-bond acceptors (Lipinski definition) is 0. The molecule has 0 saturated heterocycles. The fraction of sp³-hybridized carbons (Fsp3) is 1.00. The van der Waals surface area contributed by atoms with Gasteiger partial charge in [-0.05, 0) is 0 Å². The summed E-state index contributed by atoms with van der Waals surface area (Å²) < 4.78 is 0. The Hall–Kier alpha value is 1.13. The maximum atomic E-state index is 4.28. The van der Waals surface area contributed by atoms with Gasteiger partial charge < -0.3 is 17.7 Å². The van der Waals surface area contributed by atoms with E-state index in [0.717, 1.165) is 0 Å². The first kappa shape index (κ1) is 16.6. The molecule has 0 aromatic heterocycles. The largest absolute Gasteiger partial charge is 2.00 e. The van der Waals surface area contributed by atoms with Crippen molar-refractivity contribution in [3.05, 3.63) is 5.32 Å². The predicted octanol–water partition coefficient (Wildman–Crippen LogP) is -0.822. The van der Waals surface area contributed by atoms with Gasteiger partial charge in [-0.3, -0.25) is 0 Å². The minimum Gasteiger partial charge on any atom is -1.00 e. The monoisotopic (exact) mass is 225 g/mol. The van der Waals surface area contributed by atoms with Crippen LogP contribution in [0.5, 0.6) is 0 Å². The number of hydrogen-bond donors (Lipinski definition) is 0. The molecule has 54 valence electrons. The Bertz CT molecular complexity index is 42.3. The molecule has 0 rings (SSSR count). The molecular formula is C6H14ClNZr. The van der Waals surface area contributed by atoms with E-state index in [1.54, 1.807) is 0 Å². The van der Waals surface area contributed by atoms with Crippen molar-refractivity contribution in [2.75, 3.05) is 0 Å². The molecule has 0 amide bonds. The van der Waals surface area contributed by atoms with Crippen LogP contribution in [-0.2, 0) is 26.2 Å². The standard InChI is InChI=1S/C6H14N.ClH.Zr/c1-5(2)7-6(3)4;;/h5-6H,1-4H3;1H;/q-1;;+2/p-1. The number of rotatable bonds is 2. The number of nitrogens with zero attached hydrogens (tertiary/aromatic N) is 1. The smallest absolute Gasteiger partial charge is 1.00 e. The minimum atomic E-state index is 0. The Morgan fingerprint density at radius 1 is 0.889 bits per heavy atom. The van der Waals surface area contributed by atoms with Gasteiger partial charge in [-0.1, -0.05) is 27.7 Å². The summed E-state index contributed by atoms with van der Waals surface area (Å²) in [5.74, 6) is 0. The van der Waals surface area contributed by atoms with E-state index in [1.807, 2.05) is 0 Å². The third-order valence-corrected chi connectivity index (χ3v) is 0.596. The fourth-order valence-corrected chi connectivity index (χ4v) is 0.596. The van der Waals surface area contributed by atoms with Crippen LogP contribution in [0.2, 0.25) is 0 Å². The molecule has 0 saturated carbocycles. The normalized spacial score (nSPS) is 8.67. The topological polar surface area (TPSA) is 14.1 Å². The molecule has 0 bridgehead atoms. The Morgan fingerprint density at radius 3 is 1.11 bits per heavy atom. The van der Waals surface area contributed by atoms with Crippen molar-refractivity contribution in [1.82, 2.24) is 0 Å². The van der Waals surface area contributed by atoms with Crippen molar-refractivity contribution in [2.24, 2.45) is 0 Å². The van der Waals surface area contributed by atoms with Crippen molar-refractivity contribution in [3.63, 3.8) is 0 Å². The van der Waals surface area contributed by atoms with Crippen molar-refractivity contribution in [1.29, 1.82) is 0 Å². The van der Waals surface area contributed by atoms with Gasteiger partial charge in [0.1, 0.15) is 0 Å². The molecule has 0 unspecified atom stereocenters. The molecule has 0 N–H and O–H groups in total. The maximum Gasteiger partial charge on any atom is 2.00 e. The molecule has 0 radical (unpaired) electrons. The van der Waals surface area contributed by atoms with E-state index in [4.69, 9.17) is 0 Å². The van der Waals surface area contributed by atoms with Gasteiger partial charge in [0.2, 0.25) is 0 Å². The van der Waals surface area contributed by atoms with E-state index < -0.39 is 0 Å². The van der Waals surface area contributed by atoms with Crippen LogP contribution in [0, 0.1) is 0 Å². The molecule has 9 heavy (non-hydrogen) atoms. The first-order valence-corrected chi connectivity index (χ1v) is 2.83.